The van der Waals surface area contributed by atoms with Gasteiger partial charge < -0.3 is 14.9 Å². The first kappa shape index (κ1) is 21.2. The summed E-state index contributed by atoms with van der Waals surface area (Å²) < 4.78 is 0. The van der Waals surface area contributed by atoms with Gasteiger partial charge in [0.2, 0.25) is 0 Å². The minimum absolute atomic E-state index is 0.0383. The zero-order chi connectivity index (χ0) is 22.6. The van der Waals surface area contributed by atoms with Crippen molar-refractivity contribution in [1.82, 2.24) is 20.0 Å². The number of benzene rings is 3. The largest absolute Gasteiger partial charge is 0.391 e. The number of aliphatic hydroxyl groups excluding tert-OH is 1. The number of carbonyl (C=O) groups excluding carboxylic acids is 1. The van der Waals surface area contributed by atoms with Crippen molar-refractivity contribution in [3.05, 3.63) is 102 Å². The lowest BCUT2D eigenvalue weighted by molar-refractivity contribution is 0.0679. The molecule has 0 bridgehead atoms. The number of aliphatic hydroxyl groups is 1. The van der Waals surface area contributed by atoms with Gasteiger partial charge in [-0.2, -0.15) is 5.10 Å². The van der Waals surface area contributed by atoms with Gasteiger partial charge in [-0.05, 0) is 41.7 Å². The Morgan fingerprint density at radius 3 is 2.39 bits per heavy atom. The maximum absolute atomic E-state index is 13.8. The Morgan fingerprint density at radius 2 is 1.64 bits per heavy atom. The van der Waals surface area contributed by atoms with Crippen LogP contribution in [0.25, 0.3) is 10.9 Å². The zero-order valence-corrected chi connectivity index (χ0v) is 18.5. The van der Waals surface area contributed by atoms with E-state index in [-0.39, 0.29) is 12.1 Å². The monoisotopic (exact) mass is 440 g/mol. The highest BCUT2D eigenvalue weighted by molar-refractivity contribution is 5.79. The highest BCUT2D eigenvalue weighted by atomic mass is 16.3. The van der Waals surface area contributed by atoms with Gasteiger partial charge in [-0.25, -0.2) is 4.79 Å². The van der Waals surface area contributed by atoms with E-state index in [1.54, 1.807) is 6.20 Å². The zero-order valence-electron chi connectivity index (χ0n) is 18.5. The normalized spacial score (nSPS) is 19.1. The molecule has 33 heavy (non-hydrogen) atoms. The maximum Gasteiger partial charge on any atom is 0.320 e. The molecule has 0 radical (unpaired) electrons. The van der Waals surface area contributed by atoms with Crippen LogP contribution in [0.2, 0.25) is 0 Å². The second-order valence-corrected chi connectivity index (χ2v) is 8.72. The van der Waals surface area contributed by atoms with E-state index in [0.717, 1.165) is 27.6 Å². The summed E-state index contributed by atoms with van der Waals surface area (Å²) in [7, 11) is 0. The standard InChI is InChI=1S/C27H28N4O2/c32-26-13-14-30(18-22-11-12-24-23(15-22)17-28-29-24)27(33)31(19-21-9-5-2-6-10-21)25(26)16-20-7-3-1-4-8-20/h1-12,15,17,25-26,32H,13-14,16,18-19H2,(H,28,29). The van der Waals surface area contributed by atoms with Gasteiger partial charge in [0.15, 0.2) is 0 Å². The Balaban J connectivity index is 1.44. The summed E-state index contributed by atoms with van der Waals surface area (Å²) in [6.07, 6.45) is 2.36. The maximum atomic E-state index is 13.8. The first-order chi connectivity index (χ1) is 16.2. The molecule has 168 valence electrons. The molecule has 1 aliphatic rings. The predicted molar refractivity (Wildman–Crippen MR) is 128 cm³/mol. The first-order valence-corrected chi connectivity index (χ1v) is 11.4. The molecular weight excluding hydrogens is 412 g/mol. The fourth-order valence-corrected chi connectivity index (χ4v) is 4.63. The van der Waals surface area contributed by atoms with E-state index in [1.807, 2.05) is 70.5 Å². The number of urea groups is 1. The minimum Gasteiger partial charge on any atom is -0.391 e. The third-order valence-electron chi connectivity index (χ3n) is 6.42. The van der Waals surface area contributed by atoms with E-state index >= 15 is 0 Å². The molecule has 6 nitrogen and oxygen atoms in total. The Morgan fingerprint density at radius 1 is 0.909 bits per heavy atom. The van der Waals surface area contributed by atoms with Gasteiger partial charge >= 0.3 is 6.03 Å². The summed E-state index contributed by atoms with van der Waals surface area (Å²) >= 11 is 0. The molecule has 2 atom stereocenters. The summed E-state index contributed by atoms with van der Waals surface area (Å²) in [6.45, 7) is 1.47. The number of amides is 2. The topological polar surface area (TPSA) is 72.5 Å². The number of hydrogen-bond donors (Lipinski definition) is 2. The fourth-order valence-electron chi connectivity index (χ4n) is 4.63. The second-order valence-electron chi connectivity index (χ2n) is 8.72. The van der Waals surface area contributed by atoms with Gasteiger partial charge in [0.25, 0.3) is 0 Å². The average Bonchev–Trinajstić information content (AvgIpc) is 3.29. The smallest absolute Gasteiger partial charge is 0.320 e. The highest BCUT2D eigenvalue weighted by Crippen LogP contribution is 2.25. The van der Waals surface area contributed by atoms with Crippen LogP contribution in [0.15, 0.2) is 85.1 Å². The Kier molecular flexibility index (Phi) is 6.09. The molecule has 0 spiro atoms. The van der Waals surface area contributed by atoms with Gasteiger partial charge in [-0.3, -0.25) is 5.10 Å². The number of aromatic amines is 1. The molecule has 2 unspecified atom stereocenters. The highest BCUT2D eigenvalue weighted by Gasteiger charge is 2.36. The van der Waals surface area contributed by atoms with Gasteiger partial charge in [0.05, 0.1) is 23.9 Å². The van der Waals surface area contributed by atoms with E-state index < -0.39 is 6.10 Å². The third kappa shape index (κ3) is 4.76. The molecule has 3 aromatic carbocycles. The number of hydrogen-bond acceptors (Lipinski definition) is 3. The lowest BCUT2D eigenvalue weighted by Crippen LogP contribution is -2.49. The molecule has 2 N–H and O–H groups in total. The van der Waals surface area contributed by atoms with Gasteiger partial charge in [-0.1, -0.05) is 66.7 Å². The summed E-state index contributed by atoms with van der Waals surface area (Å²) in [5.41, 5.74) is 4.20. The van der Waals surface area contributed by atoms with Crippen molar-refractivity contribution in [2.24, 2.45) is 0 Å². The van der Waals surface area contributed by atoms with Crippen LogP contribution in [-0.2, 0) is 19.5 Å². The van der Waals surface area contributed by atoms with Crippen LogP contribution in [0.5, 0.6) is 0 Å². The van der Waals surface area contributed by atoms with Gasteiger partial charge in [0.1, 0.15) is 0 Å². The number of nitrogens with one attached hydrogen (secondary N) is 1. The summed E-state index contributed by atoms with van der Waals surface area (Å²) in [6, 6.07) is 25.9. The lowest BCUT2D eigenvalue weighted by Gasteiger charge is -2.34. The third-order valence-corrected chi connectivity index (χ3v) is 6.42. The van der Waals surface area contributed by atoms with E-state index in [2.05, 4.69) is 28.4 Å². The molecular formula is C27H28N4O2. The number of nitrogens with zero attached hydrogens (tertiary/aromatic N) is 3. The van der Waals surface area contributed by atoms with Gasteiger partial charge in [0, 0.05) is 25.0 Å². The number of rotatable bonds is 6. The van der Waals surface area contributed by atoms with E-state index in [9.17, 15) is 9.90 Å². The number of carbonyl (C=O) groups is 1. The van der Waals surface area contributed by atoms with Crippen molar-refractivity contribution >= 4 is 16.9 Å². The molecule has 1 aliphatic heterocycles. The molecule has 0 saturated carbocycles. The van der Waals surface area contributed by atoms with E-state index in [4.69, 9.17) is 0 Å². The van der Waals surface area contributed by atoms with Gasteiger partial charge in [-0.15, -0.1) is 0 Å². The van der Waals surface area contributed by atoms with E-state index in [0.29, 0.717) is 32.5 Å². The molecule has 6 heteroatoms. The van der Waals surface area contributed by atoms with Crippen LogP contribution in [0.4, 0.5) is 4.79 Å². The van der Waals surface area contributed by atoms with Crippen molar-refractivity contribution in [2.75, 3.05) is 6.54 Å². The number of H-pyrrole nitrogens is 1. The summed E-state index contributed by atoms with van der Waals surface area (Å²) in [4.78, 5) is 17.6. The van der Waals surface area contributed by atoms with Crippen molar-refractivity contribution in [3.63, 3.8) is 0 Å². The molecule has 1 fully saturated rings. The van der Waals surface area contributed by atoms with Crippen LogP contribution in [0.3, 0.4) is 0 Å². The van der Waals surface area contributed by atoms with Crippen LogP contribution in [-0.4, -0.2) is 49.8 Å². The van der Waals surface area contributed by atoms with Crippen LogP contribution < -0.4 is 0 Å². The van der Waals surface area contributed by atoms with Crippen molar-refractivity contribution in [1.29, 1.82) is 0 Å². The summed E-state index contributed by atoms with van der Waals surface area (Å²) in [5, 5.41) is 19.2. The fraction of sp³-hybridized carbons (Fsp3) is 0.259. The Labute approximate surface area is 193 Å². The molecule has 1 aromatic heterocycles. The SMILES string of the molecule is O=C1N(Cc2ccc3[nH]ncc3c2)CCC(O)C(Cc2ccccc2)N1Cc1ccccc1. The molecule has 2 amide bonds. The van der Waals surface area contributed by atoms with E-state index in [1.165, 1.54) is 0 Å². The molecule has 2 heterocycles. The quantitative estimate of drug-likeness (QED) is 0.468. The van der Waals surface area contributed by atoms with Crippen LogP contribution >= 0.6 is 0 Å². The lowest BCUT2D eigenvalue weighted by atomic mass is 9.98. The van der Waals surface area contributed by atoms with Crippen molar-refractivity contribution in [2.45, 2.75) is 38.1 Å². The van der Waals surface area contributed by atoms with Crippen LogP contribution in [0, 0.1) is 0 Å². The Hall–Kier alpha value is -3.64. The first-order valence-electron chi connectivity index (χ1n) is 11.4. The minimum atomic E-state index is -0.598. The average molecular weight is 441 g/mol. The second kappa shape index (κ2) is 9.46. The van der Waals surface area contributed by atoms with Crippen molar-refractivity contribution < 1.29 is 9.90 Å². The van der Waals surface area contributed by atoms with Crippen LogP contribution in [0.1, 0.15) is 23.1 Å². The Bertz CT molecular complexity index is 1210. The molecule has 0 aliphatic carbocycles. The number of fused-ring (bicyclic) bond motifs is 1. The predicted octanol–water partition coefficient (Wildman–Crippen LogP) is 4.36. The van der Waals surface area contributed by atoms with Crippen molar-refractivity contribution in [3.8, 4) is 0 Å². The number of aromatic nitrogens is 2. The summed E-state index contributed by atoms with van der Waals surface area (Å²) in [5.74, 6) is 0. The molecule has 1 saturated heterocycles. The molecule has 4 aromatic rings. The molecule has 5 rings (SSSR count).